The molecule has 0 saturated heterocycles. The number of halogens is 2. The Morgan fingerprint density at radius 3 is 2.15 bits per heavy atom. The van der Waals surface area contributed by atoms with E-state index >= 15 is 0 Å². The topological polar surface area (TPSA) is 58.2 Å². The minimum atomic E-state index is -1.05. The van der Waals surface area contributed by atoms with Crippen molar-refractivity contribution in [2.75, 3.05) is 10.6 Å². The second-order valence-corrected chi connectivity index (χ2v) is 7.65. The second kappa shape index (κ2) is 7.29. The van der Waals surface area contributed by atoms with Crippen LogP contribution in [0.25, 0.3) is 0 Å². The van der Waals surface area contributed by atoms with Crippen molar-refractivity contribution in [1.29, 1.82) is 0 Å². The number of amides is 2. The second-order valence-electron chi connectivity index (χ2n) is 6.87. The first-order valence-electron chi connectivity index (χ1n) is 8.50. The molecule has 2 aromatic rings. The Kier molecular flexibility index (Phi) is 5.26. The molecule has 0 unspecified atom stereocenters. The Morgan fingerprint density at radius 2 is 1.58 bits per heavy atom. The molecule has 0 aliphatic heterocycles. The van der Waals surface area contributed by atoms with Gasteiger partial charge in [-0.2, -0.15) is 0 Å². The Balaban J connectivity index is 1.70. The van der Waals surface area contributed by atoms with E-state index in [1.54, 1.807) is 18.2 Å². The van der Waals surface area contributed by atoms with Gasteiger partial charge in [-0.15, -0.1) is 0 Å². The van der Waals surface area contributed by atoms with E-state index in [0.29, 0.717) is 35.2 Å². The van der Waals surface area contributed by atoms with E-state index < -0.39 is 5.41 Å². The van der Waals surface area contributed by atoms with E-state index in [9.17, 15) is 9.59 Å². The normalized spacial score (nSPS) is 14.8. The predicted molar refractivity (Wildman–Crippen MR) is 106 cm³/mol. The maximum absolute atomic E-state index is 12.7. The summed E-state index contributed by atoms with van der Waals surface area (Å²) in [4.78, 5) is 25.3. The number of carbonyl (C=O) groups excluding carboxylic acids is 2. The zero-order chi connectivity index (χ0) is 18.9. The lowest BCUT2D eigenvalue weighted by molar-refractivity contribution is -0.131. The standard InChI is InChI=1S/C20H20Cl2N2O2/c1-12(2)13-6-8-14(9-7-13)23-18(25)20(10-11-20)19(26)24-16-5-3-4-15(21)17(16)22/h3-9,12H,10-11H2,1-2H3,(H,23,25)(H,24,26). The van der Waals surface area contributed by atoms with Crippen LogP contribution in [0.3, 0.4) is 0 Å². The Morgan fingerprint density at radius 1 is 0.962 bits per heavy atom. The van der Waals surface area contributed by atoms with Crippen molar-refractivity contribution < 1.29 is 9.59 Å². The fourth-order valence-electron chi connectivity index (χ4n) is 2.73. The van der Waals surface area contributed by atoms with E-state index in [4.69, 9.17) is 23.2 Å². The Labute approximate surface area is 162 Å². The maximum atomic E-state index is 12.7. The van der Waals surface area contributed by atoms with Gasteiger partial charge >= 0.3 is 0 Å². The molecule has 0 bridgehead atoms. The number of hydrogen-bond acceptors (Lipinski definition) is 2. The highest BCUT2D eigenvalue weighted by Crippen LogP contribution is 2.48. The van der Waals surface area contributed by atoms with Gasteiger partial charge < -0.3 is 10.6 Å². The summed E-state index contributed by atoms with van der Waals surface area (Å²) >= 11 is 12.1. The van der Waals surface area contributed by atoms with Crippen molar-refractivity contribution in [1.82, 2.24) is 0 Å². The molecule has 1 saturated carbocycles. The van der Waals surface area contributed by atoms with Gasteiger partial charge in [0.2, 0.25) is 11.8 Å². The van der Waals surface area contributed by atoms with Crippen LogP contribution in [0, 0.1) is 5.41 Å². The molecule has 0 radical (unpaired) electrons. The number of hydrogen-bond donors (Lipinski definition) is 2. The summed E-state index contributed by atoms with van der Waals surface area (Å²) in [6, 6.07) is 12.7. The fraction of sp³-hybridized carbons (Fsp3) is 0.300. The van der Waals surface area contributed by atoms with Crippen LogP contribution >= 0.6 is 23.2 Å². The molecule has 1 aliphatic carbocycles. The molecule has 0 spiro atoms. The van der Waals surface area contributed by atoms with E-state index in [-0.39, 0.29) is 16.8 Å². The zero-order valence-electron chi connectivity index (χ0n) is 14.6. The van der Waals surface area contributed by atoms with Crippen molar-refractivity contribution >= 4 is 46.4 Å². The summed E-state index contributed by atoms with van der Waals surface area (Å²) in [5, 5.41) is 6.19. The van der Waals surface area contributed by atoms with Gasteiger partial charge in [0.1, 0.15) is 5.41 Å². The monoisotopic (exact) mass is 390 g/mol. The SMILES string of the molecule is CC(C)c1ccc(NC(=O)C2(C(=O)Nc3cccc(Cl)c3Cl)CC2)cc1. The average molecular weight is 391 g/mol. The van der Waals surface area contributed by atoms with Crippen molar-refractivity contribution in [3.63, 3.8) is 0 Å². The molecule has 6 heteroatoms. The van der Waals surface area contributed by atoms with E-state index in [1.807, 2.05) is 24.3 Å². The van der Waals surface area contributed by atoms with Gasteiger partial charge in [0.15, 0.2) is 0 Å². The third-order valence-electron chi connectivity index (χ3n) is 4.65. The molecule has 3 rings (SSSR count). The Bertz CT molecular complexity index is 843. The van der Waals surface area contributed by atoms with Crippen LogP contribution in [-0.2, 0) is 9.59 Å². The van der Waals surface area contributed by atoms with Crippen LogP contribution < -0.4 is 10.6 Å². The number of rotatable bonds is 5. The van der Waals surface area contributed by atoms with Crippen LogP contribution in [-0.4, -0.2) is 11.8 Å². The van der Waals surface area contributed by atoms with Crippen molar-refractivity contribution in [3.8, 4) is 0 Å². The summed E-state index contributed by atoms with van der Waals surface area (Å²) in [7, 11) is 0. The number of nitrogens with one attached hydrogen (secondary N) is 2. The first-order valence-corrected chi connectivity index (χ1v) is 9.26. The zero-order valence-corrected chi connectivity index (χ0v) is 16.1. The van der Waals surface area contributed by atoms with Crippen LogP contribution in [0.4, 0.5) is 11.4 Å². The summed E-state index contributed by atoms with van der Waals surface area (Å²) in [6.07, 6.45) is 1.01. The summed E-state index contributed by atoms with van der Waals surface area (Å²) < 4.78 is 0. The van der Waals surface area contributed by atoms with Crippen molar-refractivity contribution in [3.05, 3.63) is 58.1 Å². The van der Waals surface area contributed by atoms with Crippen LogP contribution in [0.5, 0.6) is 0 Å². The highest BCUT2D eigenvalue weighted by Gasteiger charge is 2.56. The van der Waals surface area contributed by atoms with E-state index in [0.717, 1.165) is 0 Å². The predicted octanol–water partition coefficient (Wildman–Crippen LogP) is 5.47. The molecule has 4 nitrogen and oxygen atoms in total. The van der Waals surface area contributed by atoms with Crippen molar-refractivity contribution in [2.45, 2.75) is 32.6 Å². The largest absolute Gasteiger partial charge is 0.325 e. The van der Waals surface area contributed by atoms with E-state index in [2.05, 4.69) is 24.5 Å². The minimum absolute atomic E-state index is 0.267. The van der Waals surface area contributed by atoms with Crippen LogP contribution in [0.15, 0.2) is 42.5 Å². The molecule has 26 heavy (non-hydrogen) atoms. The average Bonchev–Trinajstić information content (AvgIpc) is 3.41. The van der Waals surface area contributed by atoms with Gasteiger partial charge in [-0.25, -0.2) is 0 Å². The van der Waals surface area contributed by atoms with Crippen LogP contribution in [0.2, 0.25) is 10.0 Å². The number of anilines is 2. The van der Waals surface area contributed by atoms with Crippen LogP contribution in [0.1, 0.15) is 38.2 Å². The fourth-order valence-corrected chi connectivity index (χ4v) is 3.07. The summed E-state index contributed by atoms with van der Waals surface area (Å²) in [6.45, 7) is 4.22. The lowest BCUT2D eigenvalue weighted by Crippen LogP contribution is -2.35. The molecule has 0 atom stereocenters. The quantitative estimate of drug-likeness (QED) is 0.664. The molecule has 1 aliphatic rings. The highest BCUT2D eigenvalue weighted by atomic mass is 35.5. The smallest absolute Gasteiger partial charge is 0.240 e. The first-order chi connectivity index (χ1) is 12.3. The Hall–Kier alpha value is -2.04. The van der Waals surface area contributed by atoms with Crippen molar-refractivity contribution in [2.24, 2.45) is 5.41 Å². The summed E-state index contributed by atoms with van der Waals surface area (Å²) in [5.41, 5.74) is 1.23. The van der Waals surface area contributed by atoms with Gasteiger partial charge in [0, 0.05) is 5.69 Å². The molecule has 1 fully saturated rings. The summed E-state index contributed by atoms with van der Waals surface area (Å²) in [5.74, 6) is -0.244. The third kappa shape index (κ3) is 3.71. The molecule has 0 aromatic heterocycles. The molecule has 2 amide bonds. The molecule has 136 valence electrons. The van der Waals surface area contributed by atoms with Gasteiger partial charge in [-0.1, -0.05) is 55.2 Å². The maximum Gasteiger partial charge on any atom is 0.240 e. The first kappa shape index (κ1) is 18.7. The molecule has 2 N–H and O–H groups in total. The van der Waals surface area contributed by atoms with Gasteiger partial charge in [0.05, 0.1) is 15.7 Å². The molecular weight excluding hydrogens is 371 g/mol. The molecular formula is C20H20Cl2N2O2. The van der Waals surface area contributed by atoms with Gasteiger partial charge in [0.25, 0.3) is 0 Å². The third-order valence-corrected chi connectivity index (χ3v) is 5.47. The highest BCUT2D eigenvalue weighted by molar-refractivity contribution is 6.44. The molecule has 2 aromatic carbocycles. The molecule has 0 heterocycles. The number of benzene rings is 2. The minimum Gasteiger partial charge on any atom is -0.325 e. The van der Waals surface area contributed by atoms with E-state index in [1.165, 1.54) is 5.56 Å². The lowest BCUT2D eigenvalue weighted by Gasteiger charge is -2.16. The lowest BCUT2D eigenvalue weighted by atomic mass is 10.0. The number of carbonyl (C=O) groups is 2. The van der Waals surface area contributed by atoms with Gasteiger partial charge in [-0.3, -0.25) is 9.59 Å². The van der Waals surface area contributed by atoms with Gasteiger partial charge in [-0.05, 0) is 48.6 Å².